The fraction of sp³-hybridized carbons (Fsp3) is 0.316. The lowest BCUT2D eigenvalue weighted by molar-refractivity contribution is 0.0424. The van der Waals surface area contributed by atoms with Gasteiger partial charge >= 0.3 is 0 Å². The fourth-order valence-electron chi connectivity index (χ4n) is 3.53. The normalized spacial score (nSPS) is 22.2. The predicted molar refractivity (Wildman–Crippen MR) is 101 cm³/mol. The van der Waals surface area contributed by atoms with Crippen LogP contribution in [0.15, 0.2) is 36.4 Å². The summed E-state index contributed by atoms with van der Waals surface area (Å²) in [6.45, 7) is 1.13. The molecule has 2 atom stereocenters. The molecule has 2 aliphatic heterocycles. The van der Waals surface area contributed by atoms with E-state index in [2.05, 4.69) is 5.32 Å². The second-order valence-electron chi connectivity index (χ2n) is 6.51. The Morgan fingerprint density at radius 2 is 2.08 bits per heavy atom. The number of para-hydroxylation sites is 1. The van der Waals surface area contributed by atoms with Gasteiger partial charge in [0.1, 0.15) is 11.9 Å². The number of phenols is 1. The van der Waals surface area contributed by atoms with E-state index >= 15 is 0 Å². The van der Waals surface area contributed by atoms with Crippen molar-refractivity contribution in [2.24, 2.45) is 0 Å². The van der Waals surface area contributed by atoms with Crippen molar-refractivity contribution in [2.75, 3.05) is 18.5 Å². The van der Waals surface area contributed by atoms with Crippen LogP contribution in [0.5, 0.6) is 5.75 Å². The van der Waals surface area contributed by atoms with E-state index in [9.17, 15) is 9.90 Å². The highest BCUT2D eigenvalue weighted by Crippen LogP contribution is 2.41. The summed E-state index contributed by atoms with van der Waals surface area (Å²) in [7, 11) is 0. The number of fused-ring (bicyclic) bond motifs is 1. The van der Waals surface area contributed by atoms with Crippen molar-refractivity contribution < 1.29 is 14.6 Å². The Bertz CT molecular complexity index is 853. The zero-order valence-electron chi connectivity index (χ0n) is 13.9. The molecule has 1 saturated heterocycles. The summed E-state index contributed by atoms with van der Waals surface area (Å²) in [6, 6.07) is 10.4. The molecule has 136 valence electrons. The van der Waals surface area contributed by atoms with Gasteiger partial charge in [-0.25, -0.2) is 0 Å². The van der Waals surface area contributed by atoms with Gasteiger partial charge in [-0.2, -0.15) is 0 Å². The number of aromatic hydroxyl groups is 1. The number of carbonyl (C=O) groups is 1. The summed E-state index contributed by atoms with van der Waals surface area (Å²) in [6.07, 6.45) is 1.28. The summed E-state index contributed by atoms with van der Waals surface area (Å²) in [5.74, 6) is -0.201. The average Bonchev–Trinajstić information content (AvgIpc) is 3.14. The lowest BCUT2D eigenvalue weighted by Gasteiger charge is -2.39. The summed E-state index contributed by atoms with van der Waals surface area (Å²) in [5, 5.41) is 14.4. The number of halogens is 2. The van der Waals surface area contributed by atoms with Crippen molar-refractivity contribution in [2.45, 2.75) is 25.1 Å². The smallest absolute Gasteiger partial charge is 0.257 e. The van der Waals surface area contributed by atoms with Crippen LogP contribution in [-0.4, -0.2) is 35.2 Å². The first-order chi connectivity index (χ1) is 12.5. The number of hydrogen-bond donors (Lipinski definition) is 2. The first kappa shape index (κ1) is 17.5. The molecule has 2 heterocycles. The molecule has 2 aromatic rings. The van der Waals surface area contributed by atoms with E-state index in [0.717, 1.165) is 12.8 Å². The van der Waals surface area contributed by atoms with Crippen LogP contribution in [-0.2, 0) is 4.74 Å². The van der Waals surface area contributed by atoms with Gasteiger partial charge in [0.25, 0.3) is 5.91 Å². The third-order valence-corrected chi connectivity index (χ3v) is 5.31. The minimum Gasteiger partial charge on any atom is -0.506 e. The first-order valence-corrected chi connectivity index (χ1v) is 9.26. The molecule has 0 spiro atoms. The van der Waals surface area contributed by atoms with Crippen molar-refractivity contribution >= 4 is 34.8 Å². The summed E-state index contributed by atoms with van der Waals surface area (Å²) >= 11 is 12.2. The topological polar surface area (TPSA) is 61.8 Å². The summed E-state index contributed by atoms with van der Waals surface area (Å²) in [5.41, 5.74) is 1.76. The SMILES string of the molecule is O=C1c2ccccc2N[C@H](c2cc(Cl)cc(Cl)c2O)N1C[C@@H]1CCCO1. The van der Waals surface area contributed by atoms with Crippen LogP contribution in [0.2, 0.25) is 10.0 Å². The van der Waals surface area contributed by atoms with Crippen molar-refractivity contribution in [3.8, 4) is 5.75 Å². The molecule has 1 amide bonds. The third kappa shape index (κ3) is 3.11. The van der Waals surface area contributed by atoms with Gasteiger partial charge in [0.2, 0.25) is 0 Å². The van der Waals surface area contributed by atoms with Crippen LogP contribution in [0, 0.1) is 0 Å². The summed E-state index contributed by atoms with van der Waals surface area (Å²) in [4.78, 5) is 14.8. The maximum absolute atomic E-state index is 13.2. The van der Waals surface area contributed by atoms with Crippen LogP contribution in [0.1, 0.15) is 34.9 Å². The molecule has 0 saturated carbocycles. The molecule has 2 aliphatic rings. The van der Waals surface area contributed by atoms with Crippen molar-refractivity contribution in [3.63, 3.8) is 0 Å². The Kier molecular flexibility index (Phi) is 4.69. The van der Waals surface area contributed by atoms with Gasteiger partial charge in [0.15, 0.2) is 0 Å². The number of amides is 1. The number of carbonyl (C=O) groups excluding carboxylic acids is 1. The number of anilines is 1. The number of hydrogen-bond acceptors (Lipinski definition) is 4. The van der Waals surface area contributed by atoms with Gasteiger partial charge < -0.3 is 20.1 Å². The minimum atomic E-state index is -0.585. The fourth-order valence-corrected chi connectivity index (χ4v) is 4.04. The minimum absolute atomic E-state index is 0.0229. The van der Waals surface area contributed by atoms with E-state index in [4.69, 9.17) is 27.9 Å². The monoisotopic (exact) mass is 392 g/mol. The number of ether oxygens (including phenoxy) is 1. The molecule has 2 aromatic carbocycles. The number of phenolic OH excluding ortho intramolecular Hbond substituents is 1. The highest BCUT2D eigenvalue weighted by molar-refractivity contribution is 6.35. The van der Waals surface area contributed by atoms with Gasteiger partial charge in [-0.3, -0.25) is 4.79 Å². The number of nitrogens with zero attached hydrogens (tertiary/aromatic N) is 1. The van der Waals surface area contributed by atoms with E-state index < -0.39 is 6.17 Å². The molecule has 0 radical (unpaired) electrons. The van der Waals surface area contributed by atoms with Crippen LogP contribution in [0.3, 0.4) is 0 Å². The van der Waals surface area contributed by atoms with Crippen molar-refractivity contribution in [1.82, 2.24) is 4.90 Å². The highest BCUT2D eigenvalue weighted by Gasteiger charge is 2.36. The molecule has 26 heavy (non-hydrogen) atoms. The average molecular weight is 393 g/mol. The lowest BCUT2D eigenvalue weighted by atomic mass is 10.0. The molecule has 0 bridgehead atoms. The molecule has 0 aromatic heterocycles. The van der Waals surface area contributed by atoms with E-state index in [1.165, 1.54) is 6.07 Å². The van der Waals surface area contributed by atoms with E-state index in [-0.39, 0.29) is 22.8 Å². The van der Waals surface area contributed by atoms with Crippen molar-refractivity contribution in [1.29, 1.82) is 0 Å². The number of benzene rings is 2. The second kappa shape index (κ2) is 6.99. The van der Waals surface area contributed by atoms with Crippen molar-refractivity contribution in [3.05, 3.63) is 57.6 Å². The van der Waals surface area contributed by atoms with Gasteiger partial charge in [-0.15, -0.1) is 0 Å². The molecular weight excluding hydrogens is 375 g/mol. The largest absolute Gasteiger partial charge is 0.506 e. The molecule has 0 aliphatic carbocycles. The molecule has 4 rings (SSSR count). The van der Waals surface area contributed by atoms with Gasteiger partial charge in [-0.1, -0.05) is 35.3 Å². The lowest BCUT2D eigenvalue weighted by Crippen LogP contribution is -2.46. The van der Waals surface area contributed by atoms with Gasteiger partial charge in [0, 0.05) is 29.4 Å². The van der Waals surface area contributed by atoms with Crippen LogP contribution < -0.4 is 5.32 Å². The van der Waals surface area contributed by atoms with Gasteiger partial charge in [-0.05, 0) is 37.1 Å². The van der Waals surface area contributed by atoms with Crippen LogP contribution in [0.25, 0.3) is 0 Å². The molecule has 5 nitrogen and oxygen atoms in total. The summed E-state index contributed by atoms with van der Waals surface area (Å²) < 4.78 is 5.72. The Labute approximate surface area is 161 Å². The molecule has 7 heteroatoms. The molecular formula is C19H18Cl2N2O3. The Balaban J connectivity index is 1.78. The van der Waals surface area contributed by atoms with Gasteiger partial charge in [0.05, 0.1) is 16.7 Å². The maximum atomic E-state index is 13.2. The van der Waals surface area contributed by atoms with Crippen LogP contribution in [0.4, 0.5) is 5.69 Å². The number of rotatable bonds is 3. The zero-order chi connectivity index (χ0) is 18.3. The predicted octanol–water partition coefficient (Wildman–Crippen LogP) is 4.44. The van der Waals surface area contributed by atoms with E-state index in [1.807, 2.05) is 18.2 Å². The Hall–Kier alpha value is -1.95. The Morgan fingerprint density at radius 3 is 2.85 bits per heavy atom. The molecule has 1 fully saturated rings. The van der Waals surface area contributed by atoms with E-state index in [0.29, 0.717) is 35.0 Å². The zero-order valence-corrected chi connectivity index (χ0v) is 15.4. The quantitative estimate of drug-likeness (QED) is 0.809. The molecule has 2 N–H and O–H groups in total. The van der Waals surface area contributed by atoms with E-state index in [1.54, 1.807) is 17.0 Å². The maximum Gasteiger partial charge on any atom is 0.257 e. The number of nitrogens with one attached hydrogen (secondary N) is 1. The highest BCUT2D eigenvalue weighted by atomic mass is 35.5. The van der Waals surface area contributed by atoms with Crippen LogP contribution >= 0.6 is 23.2 Å². The molecule has 0 unspecified atom stereocenters. The first-order valence-electron chi connectivity index (χ1n) is 8.50. The Morgan fingerprint density at radius 1 is 1.27 bits per heavy atom. The third-order valence-electron chi connectivity index (χ3n) is 4.80. The second-order valence-corrected chi connectivity index (χ2v) is 7.35. The standard InChI is InChI=1S/C19H18Cl2N2O3/c20-11-8-14(17(24)15(21)9-11)18-22-16-6-2-1-5-13(16)19(25)23(18)10-12-4-3-7-26-12/h1-2,5-6,8-9,12,18,22,24H,3-4,7,10H2/t12-,18-/m0/s1.